The van der Waals surface area contributed by atoms with Crippen molar-refractivity contribution >= 4 is 29.0 Å². The number of carbonyl (C=O) groups excluding carboxylic acids is 3. The molecule has 0 aliphatic heterocycles. The zero-order valence-electron chi connectivity index (χ0n) is 17.5. The monoisotopic (exact) mass is 416 g/mol. The van der Waals surface area contributed by atoms with E-state index in [9.17, 15) is 14.4 Å². The third-order valence-corrected chi connectivity index (χ3v) is 4.59. The van der Waals surface area contributed by atoms with E-state index in [-0.39, 0.29) is 18.3 Å². The van der Waals surface area contributed by atoms with Crippen LogP contribution in [0.15, 0.2) is 72.8 Å². The maximum absolute atomic E-state index is 12.7. The molecule has 0 radical (unpaired) electrons. The summed E-state index contributed by atoms with van der Waals surface area (Å²) < 4.78 is 5.49. The number of benzene rings is 3. The van der Waals surface area contributed by atoms with Gasteiger partial charge in [0.15, 0.2) is 12.4 Å². The van der Waals surface area contributed by atoms with Gasteiger partial charge in [0.1, 0.15) is 5.75 Å². The van der Waals surface area contributed by atoms with Gasteiger partial charge in [-0.2, -0.15) is 0 Å². The predicted octanol–water partition coefficient (Wildman–Crippen LogP) is 4.86. The van der Waals surface area contributed by atoms with Gasteiger partial charge < -0.3 is 15.4 Å². The van der Waals surface area contributed by atoms with Gasteiger partial charge in [0, 0.05) is 17.7 Å². The van der Waals surface area contributed by atoms with Gasteiger partial charge in [-0.15, -0.1) is 0 Å². The highest BCUT2D eigenvalue weighted by Gasteiger charge is 2.14. The van der Waals surface area contributed by atoms with Crippen molar-refractivity contribution in [2.75, 3.05) is 17.2 Å². The topological polar surface area (TPSA) is 84.5 Å². The number of hydrogen-bond donors (Lipinski definition) is 2. The fraction of sp³-hybridized carbons (Fsp3) is 0.160. The van der Waals surface area contributed by atoms with Crippen molar-refractivity contribution in [1.29, 1.82) is 0 Å². The van der Waals surface area contributed by atoms with Gasteiger partial charge in [0.25, 0.3) is 11.8 Å². The highest BCUT2D eigenvalue weighted by Crippen LogP contribution is 2.19. The lowest BCUT2D eigenvalue weighted by molar-refractivity contribution is -0.118. The molecule has 0 saturated heterocycles. The maximum atomic E-state index is 12.7. The molecule has 3 rings (SSSR count). The summed E-state index contributed by atoms with van der Waals surface area (Å²) in [6, 6.07) is 20.9. The SMILES string of the molecule is CCC(=O)c1ccc(OCC(=O)Nc2ccccc2C(=O)Nc2cccc(C)c2)cc1. The van der Waals surface area contributed by atoms with Crippen molar-refractivity contribution in [2.45, 2.75) is 20.3 Å². The molecule has 0 spiro atoms. The molecule has 0 atom stereocenters. The number of para-hydroxylation sites is 1. The van der Waals surface area contributed by atoms with Gasteiger partial charge in [0.05, 0.1) is 11.3 Å². The van der Waals surface area contributed by atoms with Crippen LogP contribution < -0.4 is 15.4 Å². The molecule has 3 aromatic carbocycles. The minimum absolute atomic E-state index is 0.0461. The minimum Gasteiger partial charge on any atom is -0.484 e. The molecule has 3 aromatic rings. The van der Waals surface area contributed by atoms with E-state index in [0.717, 1.165) is 5.56 Å². The standard InChI is InChI=1S/C25H24N2O4/c1-3-23(28)18-11-13-20(14-12-18)31-16-24(29)27-22-10-5-4-9-21(22)25(30)26-19-8-6-7-17(2)15-19/h4-15H,3,16H2,1-2H3,(H,26,30)(H,27,29). The van der Waals surface area contributed by atoms with Crippen molar-refractivity contribution in [3.8, 4) is 5.75 Å². The first-order valence-corrected chi connectivity index (χ1v) is 9.99. The van der Waals surface area contributed by atoms with Crippen LogP contribution >= 0.6 is 0 Å². The molecule has 2 amide bonds. The lowest BCUT2D eigenvalue weighted by Gasteiger charge is -2.12. The van der Waals surface area contributed by atoms with E-state index < -0.39 is 5.91 Å². The summed E-state index contributed by atoms with van der Waals surface area (Å²) in [7, 11) is 0. The van der Waals surface area contributed by atoms with Crippen molar-refractivity contribution in [3.05, 3.63) is 89.5 Å². The average molecular weight is 416 g/mol. The maximum Gasteiger partial charge on any atom is 0.262 e. The second-order valence-electron chi connectivity index (χ2n) is 7.01. The summed E-state index contributed by atoms with van der Waals surface area (Å²) >= 11 is 0. The van der Waals surface area contributed by atoms with Gasteiger partial charge in [-0.05, 0) is 61.0 Å². The minimum atomic E-state index is -0.399. The molecular weight excluding hydrogens is 392 g/mol. The second-order valence-corrected chi connectivity index (χ2v) is 7.01. The fourth-order valence-electron chi connectivity index (χ4n) is 2.99. The Bertz CT molecular complexity index is 1090. The Morgan fingerprint density at radius 3 is 2.32 bits per heavy atom. The van der Waals surface area contributed by atoms with Gasteiger partial charge in [-0.25, -0.2) is 0 Å². The Morgan fingerprint density at radius 2 is 1.61 bits per heavy atom. The zero-order chi connectivity index (χ0) is 22.2. The first kappa shape index (κ1) is 21.8. The molecule has 0 unspecified atom stereocenters. The summed E-state index contributed by atoms with van der Waals surface area (Å²) in [6.07, 6.45) is 0.430. The van der Waals surface area contributed by atoms with Crippen LogP contribution in [0.3, 0.4) is 0 Å². The van der Waals surface area contributed by atoms with Crippen molar-refractivity contribution in [2.24, 2.45) is 0 Å². The van der Waals surface area contributed by atoms with Crippen LogP contribution in [0.2, 0.25) is 0 Å². The number of ether oxygens (including phenoxy) is 1. The molecule has 6 nitrogen and oxygen atoms in total. The third kappa shape index (κ3) is 6.02. The highest BCUT2D eigenvalue weighted by atomic mass is 16.5. The van der Waals surface area contributed by atoms with Crippen LogP contribution in [0, 0.1) is 6.92 Å². The second kappa shape index (κ2) is 10.2. The molecule has 0 aromatic heterocycles. The van der Waals surface area contributed by atoms with E-state index in [4.69, 9.17) is 4.74 Å². The molecule has 2 N–H and O–H groups in total. The smallest absolute Gasteiger partial charge is 0.262 e. The summed E-state index contributed by atoms with van der Waals surface area (Å²) in [4.78, 5) is 36.7. The van der Waals surface area contributed by atoms with Gasteiger partial charge in [0.2, 0.25) is 0 Å². The Balaban J connectivity index is 1.61. The number of aryl methyl sites for hydroxylation is 1. The number of anilines is 2. The van der Waals surface area contributed by atoms with Crippen molar-refractivity contribution < 1.29 is 19.1 Å². The summed E-state index contributed by atoms with van der Waals surface area (Å²) in [5.74, 6) is -0.193. The lowest BCUT2D eigenvalue weighted by atomic mass is 10.1. The number of hydrogen-bond acceptors (Lipinski definition) is 4. The molecule has 158 valence electrons. The number of ketones is 1. The molecule has 31 heavy (non-hydrogen) atoms. The van der Waals surface area contributed by atoms with Gasteiger partial charge >= 0.3 is 0 Å². The van der Waals surface area contributed by atoms with E-state index >= 15 is 0 Å². The Morgan fingerprint density at radius 1 is 0.871 bits per heavy atom. The fourth-order valence-corrected chi connectivity index (χ4v) is 2.99. The van der Waals surface area contributed by atoms with E-state index in [2.05, 4.69) is 10.6 Å². The molecule has 0 fully saturated rings. The summed E-state index contributed by atoms with van der Waals surface area (Å²) in [6.45, 7) is 3.52. The first-order valence-electron chi connectivity index (χ1n) is 9.99. The highest BCUT2D eigenvalue weighted by molar-refractivity contribution is 6.10. The quantitative estimate of drug-likeness (QED) is 0.514. The van der Waals surface area contributed by atoms with Crippen LogP contribution in [-0.4, -0.2) is 24.2 Å². The number of carbonyl (C=O) groups is 3. The molecule has 0 aliphatic carbocycles. The molecule has 6 heteroatoms. The van der Waals surface area contributed by atoms with Gasteiger partial charge in [-0.1, -0.05) is 31.2 Å². The Labute approximate surface area is 181 Å². The van der Waals surface area contributed by atoms with E-state index in [0.29, 0.717) is 34.7 Å². The third-order valence-electron chi connectivity index (χ3n) is 4.59. The summed E-state index contributed by atoms with van der Waals surface area (Å²) in [5, 5.41) is 5.56. The predicted molar refractivity (Wildman–Crippen MR) is 121 cm³/mol. The molecular formula is C25H24N2O4. The molecule has 0 aliphatic rings. The van der Waals surface area contributed by atoms with Crippen LogP contribution in [0.1, 0.15) is 39.6 Å². The van der Waals surface area contributed by atoms with Crippen LogP contribution in [0.4, 0.5) is 11.4 Å². The largest absolute Gasteiger partial charge is 0.484 e. The van der Waals surface area contributed by atoms with Crippen molar-refractivity contribution in [3.63, 3.8) is 0 Å². The Hall–Kier alpha value is -3.93. The van der Waals surface area contributed by atoms with E-state index in [1.807, 2.05) is 25.1 Å². The van der Waals surface area contributed by atoms with E-state index in [1.165, 1.54) is 0 Å². The number of nitrogens with one attached hydrogen (secondary N) is 2. The van der Waals surface area contributed by atoms with Crippen LogP contribution in [-0.2, 0) is 4.79 Å². The number of rotatable bonds is 8. The zero-order valence-corrected chi connectivity index (χ0v) is 17.5. The number of amides is 2. The molecule has 0 saturated carbocycles. The van der Waals surface area contributed by atoms with Gasteiger partial charge in [-0.3, -0.25) is 14.4 Å². The van der Waals surface area contributed by atoms with Crippen LogP contribution in [0.5, 0.6) is 5.75 Å². The normalized spacial score (nSPS) is 10.3. The van der Waals surface area contributed by atoms with Crippen LogP contribution in [0.25, 0.3) is 0 Å². The molecule has 0 heterocycles. The first-order chi connectivity index (χ1) is 15.0. The Kier molecular flexibility index (Phi) is 7.17. The van der Waals surface area contributed by atoms with Crippen molar-refractivity contribution in [1.82, 2.24) is 0 Å². The average Bonchev–Trinajstić information content (AvgIpc) is 2.78. The van der Waals surface area contributed by atoms with E-state index in [1.54, 1.807) is 61.5 Å². The summed E-state index contributed by atoms with van der Waals surface area (Å²) in [5.41, 5.74) is 3.06. The lowest BCUT2D eigenvalue weighted by Crippen LogP contribution is -2.22. The molecule has 0 bridgehead atoms. The number of Topliss-reactive ketones (excluding diaryl/α,β-unsaturated/α-hetero) is 1.